The van der Waals surface area contributed by atoms with Gasteiger partial charge in [0.05, 0.1) is 22.9 Å². The summed E-state index contributed by atoms with van der Waals surface area (Å²) in [6.07, 6.45) is -1.45. The zero-order valence-corrected chi connectivity index (χ0v) is 13.0. The van der Waals surface area contributed by atoms with Crippen molar-refractivity contribution in [2.45, 2.75) is 44.3 Å². The van der Waals surface area contributed by atoms with Crippen molar-refractivity contribution in [1.82, 2.24) is 0 Å². The van der Waals surface area contributed by atoms with Crippen molar-refractivity contribution in [3.63, 3.8) is 0 Å². The SMILES string of the molecule is CC(C)[C@H](O)[C@H](O)C[C@H](C)CS(=O)(=O)c1ccccc1. The molecule has 1 aromatic rings. The van der Waals surface area contributed by atoms with Crippen LogP contribution >= 0.6 is 0 Å². The summed E-state index contributed by atoms with van der Waals surface area (Å²) in [4.78, 5) is 0.297. The van der Waals surface area contributed by atoms with Gasteiger partial charge in [-0.25, -0.2) is 8.42 Å². The molecule has 20 heavy (non-hydrogen) atoms. The Morgan fingerprint density at radius 2 is 1.60 bits per heavy atom. The van der Waals surface area contributed by atoms with Crippen LogP contribution in [0.1, 0.15) is 27.2 Å². The number of hydrogen-bond acceptors (Lipinski definition) is 4. The monoisotopic (exact) mass is 300 g/mol. The summed E-state index contributed by atoms with van der Waals surface area (Å²) >= 11 is 0. The summed E-state index contributed by atoms with van der Waals surface area (Å²) in [7, 11) is -3.34. The van der Waals surface area contributed by atoms with Crippen LogP contribution in [0, 0.1) is 11.8 Å². The molecule has 0 aliphatic carbocycles. The Bertz CT molecular complexity index is 496. The first-order valence-corrected chi connectivity index (χ1v) is 8.53. The second kappa shape index (κ2) is 7.20. The van der Waals surface area contributed by atoms with Gasteiger partial charge in [0, 0.05) is 0 Å². The molecule has 2 N–H and O–H groups in total. The summed E-state index contributed by atoms with van der Waals surface area (Å²) in [5.41, 5.74) is 0. The van der Waals surface area contributed by atoms with Crippen molar-refractivity contribution >= 4 is 9.84 Å². The first-order valence-electron chi connectivity index (χ1n) is 6.88. The third kappa shape index (κ3) is 4.89. The van der Waals surface area contributed by atoms with E-state index in [2.05, 4.69) is 0 Å². The fourth-order valence-electron chi connectivity index (χ4n) is 2.16. The summed E-state index contributed by atoms with van der Waals surface area (Å²) in [6, 6.07) is 8.29. The Kier molecular flexibility index (Phi) is 6.17. The largest absolute Gasteiger partial charge is 0.390 e. The Balaban J connectivity index is 2.65. The summed E-state index contributed by atoms with van der Waals surface area (Å²) < 4.78 is 24.4. The van der Waals surface area contributed by atoms with Crippen LogP contribution in [0.3, 0.4) is 0 Å². The lowest BCUT2D eigenvalue weighted by Gasteiger charge is -2.23. The molecule has 0 heterocycles. The Morgan fingerprint density at radius 1 is 1.05 bits per heavy atom. The Labute approximate surface area is 121 Å². The van der Waals surface area contributed by atoms with Gasteiger partial charge >= 0.3 is 0 Å². The molecule has 0 radical (unpaired) electrons. The van der Waals surface area contributed by atoms with Crippen molar-refractivity contribution in [2.24, 2.45) is 11.8 Å². The lowest BCUT2D eigenvalue weighted by atomic mass is 9.95. The third-order valence-corrected chi connectivity index (χ3v) is 5.33. The molecule has 0 aliphatic rings. The first kappa shape index (κ1) is 17.1. The minimum Gasteiger partial charge on any atom is -0.390 e. The van der Waals surface area contributed by atoms with Crippen molar-refractivity contribution in [3.8, 4) is 0 Å². The smallest absolute Gasteiger partial charge is 0.178 e. The number of sulfone groups is 1. The van der Waals surface area contributed by atoms with Gasteiger partial charge in [-0.3, -0.25) is 0 Å². The zero-order chi connectivity index (χ0) is 15.3. The molecule has 1 aromatic carbocycles. The van der Waals surface area contributed by atoms with Gasteiger partial charge in [0.2, 0.25) is 0 Å². The van der Waals surface area contributed by atoms with Crippen molar-refractivity contribution in [3.05, 3.63) is 30.3 Å². The minimum absolute atomic E-state index is 0.0289. The standard InChI is InChI=1S/C15H24O4S/c1-11(2)15(17)14(16)9-12(3)10-20(18,19)13-7-5-4-6-8-13/h4-8,11-12,14-17H,9-10H2,1-3H3/t12-,14+,15-/m0/s1. The Hall–Kier alpha value is -0.910. The lowest BCUT2D eigenvalue weighted by molar-refractivity contribution is -0.0178. The average molecular weight is 300 g/mol. The number of benzene rings is 1. The van der Waals surface area contributed by atoms with Crippen LogP contribution in [0.2, 0.25) is 0 Å². The average Bonchev–Trinajstić information content (AvgIpc) is 2.37. The van der Waals surface area contributed by atoms with Gasteiger partial charge in [0.1, 0.15) is 0 Å². The summed E-state index contributed by atoms with van der Waals surface area (Å²) in [5, 5.41) is 19.6. The van der Waals surface area contributed by atoms with Crippen LogP contribution in [0.15, 0.2) is 35.2 Å². The molecule has 0 saturated carbocycles. The van der Waals surface area contributed by atoms with Gasteiger partial charge in [0.15, 0.2) is 9.84 Å². The maximum absolute atomic E-state index is 12.2. The van der Waals surface area contributed by atoms with Crippen molar-refractivity contribution < 1.29 is 18.6 Å². The van der Waals surface area contributed by atoms with Gasteiger partial charge in [-0.15, -0.1) is 0 Å². The molecule has 4 nitrogen and oxygen atoms in total. The Morgan fingerprint density at radius 3 is 2.10 bits per heavy atom. The van der Waals surface area contributed by atoms with E-state index in [4.69, 9.17) is 0 Å². The van der Waals surface area contributed by atoms with E-state index < -0.39 is 22.0 Å². The van der Waals surface area contributed by atoms with E-state index >= 15 is 0 Å². The molecule has 0 aliphatic heterocycles. The molecule has 0 spiro atoms. The highest BCUT2D eigenvalue weighted by atomic mass is 32.2. The maximum Gasteiger partial charge on any atom is 0.178 e. The minimum atomic E-state index is -3.34. The van der Waals surface area contributed by atoms with Crippen LogP contribution in [-0.4, -0.2) is 36.6 Å². The highest BCUT2D eigenvalue weighted by Crippen LogP contribution is 2.19. The molecule has 0 bridgehead atoms. The molecule has 0 saturated heterocycles. The highest BCUT2D eigenvalue weighted by molar-refractivity contribution is 7.91. The normalized spacial score (nSPS) is 16.9. The number of aliphatic hydroxyl groups is 2. The van der Waals surface area contributed by atoms with E-state index in [9.17, 15) is 18.6 Å². The molecule has 5 heteroatoms. The summed E-state index contributed by atoms with van der Waals surface area (Å²) in [6.45, 7) is 5.41. The molecule has 3 atom stereocenters. The van der Waals surface area contributed by atoms with E-state index in [1.165, 1.54) is 0 Å². The van der Waals surface area contributed by atoms with Crippen molar-refractivity contribution in [1.29, 1.82) is 0 Å². The molecular weight excluding hydrogens is 276 g/mol. The van der Waals surface area contributed by atoms with Crippen molar-refractivity contribution in [2.75, 3.05) is 5.75 Å². The predicted octanol–water partition coefficient (Wildman–Crippen LogP) is 1.86. The molecule has 0 aromatic heterocycles. The fraction of sp³-hybridized carbons (Fsp3) is 0.600. The molecule has 0 fully saturated rings. The van der Waals surface area contributed by atoms with E-state index in [1.54, 1.807) is 37.3 Å². The van der Waals surface area contributed by atoms with Gasteiger partial charge in [0.25, 0.3) is 0 Å². The molecule has 114 valence electrons. The quantitative estimate of drug-likeness (QED) is 0.806. The first-order chi connectivity index (χ1) is 9.24. The zero-order valence-electron chi connectivity index (χ0n) is 12.2. The van der Waals surface area contributed by atoms with Gasteiger partial charge in [-0.1, -0.05) is 39.0 Å². The van der Waals surface area contributed by atoms with E-state index in [-0.39, 0.29) is 24.0 Å². The molecule has 0 unspecified atom stereocenters. The second-order valence-corrected chi connectivity index (χ2v) is 7.77. The number of rotatable bonds is 7. The van der Waals surface area contributed by atoms with E-state index in [0.29, 0.717) is 4.90 Å². The molecular formula is C15H24O4S. The fourth-order valence-corrected chi connectivity index (χ4v) is 3.81. The van der Waals surface area contributed by atoms with Gasteiger partial charge in [-0.2, -0.15) is 0 Å². The van der Waals surface area contributed by atoms with Gasteiger partial charge in [-0.05, 0) is 30.4 Å². The van der Waals surface area contributed by atoms with Gasteiger partial charge < -0.3 is 10.2 Å². The van der Waals surface area contributed by atoms with Crippen LogP contribution in [0.25, 0.3) is 0 Å². The summed E-state index contributed by atoms with van der Waals surface area (Å²) in [5.74, 6) is -0.301. The van der Waals surface area contributed by atoms with Crippen LogP contribution in [0.4, 0.5) is 0 Å². The number of hydrogen-bond donors (Lipinski definition) is 2. The van der Waals surface area contributed by atoms with Crippen LogP contribution < -0.4 is 0 Å². The van der Waals surface area contributed by atoms with E-state index in [0.717, 1.165) is 0 Å². The maximum atomic E-state index is 12.2. The van der Waals surface area contributed by atoms with E-state index in [1.807, 2.05) is 13.8 Å². The van der Waals surface area contributed by atoms with Crippen LogP contribution in [0.5, 0.6) is 0 Å². The topological polar surface area (TPSA) is 74.6 Å². The van der Waals surface area contributed by atoms with Crippen LogP contribution in [-0.2, 0) is 9.84 Å². The number of aliphatic hydroxyl groups excluding tert-OH is 2. The molecule has 1 rings (SSSR count). The lowest BCUT2D eigenvalue weighted by Crippen LogP contribution is -2.33. The second-order valence-electron chi connectivity index (χ2n) is 5.74. The predicted molar refractivity (Wildman–Crippen MR) is 79.1 cm³/mol. The highest BCUT2D eigenvalue weighted by Gasteiger charge is 2.25. The molecule has 0 amide bonds. The third-order valence-electron chi connectivity index (χ3n) is 3.33.